The van der Waals surface area contributed by atoms with Crippen LogP contribution in [0.15, 0.2) is 0 Å². The normalized spacial score (nSPS) is 13.2. The summed E-state index contributed by atoms with van der Waals surface area (Å²) in [5.74, 6) is 0. The summed E-state index contributed by atoms with van der Waals surface area (Å²) in [4.78, 5) is 0. The summed E-state index contributed by atoms with van der Waals surface area (Å²) in [6, 6.07) is 0.534. The molecule has 0 amide bonds. The van der Waals surface area contributed by atoms with Crippen molar-refractivity contribution in [3.05, 3.63) is 0 Å². The van der Waals surface area contributed by atoms with Crippen LogP contribution in [0, 0.1) is 0 Å². The molecule has 0 rings (SSSR count). The molecule has 0 aliphatic heterocycles. The molecule has 0 radical (unpaired) electrons. The van der Waals surface area contributed by atoms with Crippen LogP contribution in [0.1, 0.15) is 27.2 Å². The molecule has 0 fully saturated rings. The van der Waals surface area contributed by atoms with Gasteiger partial charge in [0.25, 0.3) is 0 Å². The van der Waals surface area contributed by atoms with Crippen LogP contribution in [-0.4, -0.2) is 38.9 Å². The molecule has 0 bridgehead atoms. The smallest absolute Gasteiger partial charge is 0.0590 e. The van der Waals surface area contributed by atoms with E-state index in [9.17, 15) is 0 Å². The van der Waals surface area contributed by atoms with Gasteiger partial charge in [-0.05, 0) is 26.8 Å². The number of hydrogen-bond donors (Lipinski definition) is 2. The minimum Gasteiger partial charge on any atom is -0.380 e. The number of hydrogen-bond acceptors (Lipinski definition) is 3. The molecule has 0 saturated carbocycles. The van der Waals surface area contributed by atoms with E-state index in [0.29, 0.717) is 6.04 Å². The topological polar surface area (TPSA) is 33.3 Å². The Balaban J connectivity index is 3.05. The van der Waals surface area contributed by atoms with Gasteiger partial charge in [0.1, 0.15) is 0 Å². The third-order valence-electron chi connectivity index (χ3n) is 1.82. The van der Waals surface area contributed by atoms with Crippen LogP contribution in [0.4, 0.5) is 0 Å². The maximum atomic E-state index is 5.23. The van der Waals surface area contributed by atoms with Crippen molar-refractivity contribution < 1.29 is 4.74 Å². The lowest BCUT2D eigenvalue weighted by molar-refractivity contribution is 0.147. The van der Waals surface area contributed by atoms with E-state index in [-0.39, 0.29) is 0 Å². The maximum absolute atomic E-state index is 5.23. The third-order valence-corrected chi connectivity index (χ3v) is 1.82. The zero-order valence-corrected chi connectivity index (χ0v) is 9.23. The Labute approximate surface area is 82.2 Å². The summed E-state index contributed by atoms with van der Waals surface area (Å²) in [6.45, 7) is 11.1. The summed E-state index contributed by atoms with van der Waals surface area (Å²) in [5.41, 5.74) is 0. The van der Waals surface area contributed by atoms with Gasteiger partial charge in [0.2, 0.25) is 0 Å². The first kappa shape index (κ1) is 12.9. The average Bonchev–Trinajstić information content (AvgIpc) is 2.13. The summed E-state index contributed by atoms with van der Waals surface area (Å²) in [5, 5.41) is 6.76. The molecule has 0 aliphatic carbocycles. The lowest BCUT2D eigenvalue weighted by Gasteiger charge is -2.14. The highest BCUT2D eigenvalue weighted by Crippen LogP contribution is 1.80. The molecule has 0 heterocycles. The van der Waals surface area contributed by atoms with E-state index in [1.165, 1.54) is 6.42 Å². The van der Waals surface area contributed by atoms with Crippen LogP contribution < -0.4 is 10.6 Å². The van der Waals surface area contributed by atoms with E-state index in [2.05, 4.69) is 24.5 Å². The van der Waals surface area contributed by atoms with E-state index < -0.39 is 0 Å². The highest BCUT2D eigenvalue weighted by molar-refractivity contribution is 4.62. The van der Waals surface area contributed by atoms with E-state index in [4.69, 9.17) is 4.74 Å². The van der Waals surface area contributed by atoms with Crippen LogP contribution in [0.2, 0.25) is 0 Å². The van der Waals surface area contributed by atoms with Crippen molar-refractivity contribution in [3.63, 3.8) is 0 Å². The standard InChI is InChI=1S/C10H24N2O/c1-4-6-11-9-10(3)12-7-8-13-5-2/h10-12H,4-9H2,1-3H3. The predicted molar refractivity (Wildman–Crippen MR) is 57.1 cm³/mol. The molecule has 0 aliphatic rings. The van der Waals surface area contributed by atoms with E-state index in [1.54, 1.807) is 0 Å². The van der Waals surface area contributed by atoms with E-state index in [1.807, 2.05) is 6.92 Å². The molecule has 1 atom stereocenters. The lowest BCUT2D eigenvalue weighted by atomic mass is 10.3. The quantitative estimate of drug-likeness (QED) is 0.530. The fourth-order valence-electron chi connectivity index (χ4n) is 1.09. The second kappa shape index (κ2) is 9.96. The third kappa shape index (κ3) is 9.80. The van der Waals surface area contributed by atoms with Crippen LogP contribution in [0.25, 0.3) is 0 Å². The molecule has 3 heteroatoms. The number of ether oxygens (including phenoxy) is 1. The molecule has 3 nitrogen and oxygen atoms in total. The van der Waals surface area contributed by atoms with Gasteiger partial charge in [-0.15, -0.1) is 0 Å². The van der Waals surface area contributed by atoms with Gasteiger partial charge >= 0.3 is 0 Å². The van der Waals surface area contributed by atoms with Crippen LogP contribution in [0.3, 0.4) is 0 Å². The summed E-state index contributed by atoms with van der Waals surface area (Å²) in [7, 11) is 0. The van der Waals surface area contributed by atoms with Crippen molar-refractivity contribution in [2.75, 3.05) is 32.8 Å². The first-order valence-electron chi connectivity index (χ1n) is 5.33. The summed E-state index contributed by atoms with van der Waals surface area (Å²) >= 11 is 0. The van der Waals surface area contributed by atoms with Crippen LogP contribution >= 0.6 is 0 Å². The van der Waals surface area contributed by atoms with Gasteiger partial charge in [0.05, 0.1) is 6.61 Å². The van der Waals surface area contributed by atoms with Crippen LogP contribution in [-0.2, 0) is 4.74 Å². The molecule has 1 unspecified atom stereocenters. The largest absolute Gasteiger partial charge is 0.380 e. The van der Waals surface area contributed by atoms with Gasteiger partial charge in [-0.2, -0.15) is 0 Å². The van der Waals surface area contributed by atoms with Gasteiger partial charge < -0.3 is 15.4 Å². The number of rotatable bonds is 9. The minimum absolute atomic E-state index is 0.534. The van der Waals surface area contributed by atoms with Gasteiger partial charge in [-0.25, -0.2) is 0 Å². The molecule has 0 aromatic heterocycles. The summed E-state index contributed by atoms with van der Waals surface area (Å²) < 4.78 is 5.23. The molecule has 80 valence electrons. The Hall–Kier alpha value is -0.120. The second-order valence-electron chi connectivity index (χ2n) is 3.26. The van der Waals surface area contributed by atoms with Crippen molar-refractivity contribution in [3.8, 4) is 0 Å². The Morgan fingerprint density at radius 2 is 2.00 bits per heavy atom. The van der Waals surface area contributed by atoms with Crippen LogP contribution in [0.5, 0.6) is 0 Å². The van der Waals surface area contributed by atoms with E-state index in [0.717, 1.165) is 32.8 Å². The van der Waals surface area contributed by atoms with Gasteiger partial charge in [0, 0.05) is 25.7 Å². The molecule has 0 spiro atoms. The van der Waals surface area contributed by atoms with Crippen molar-refractivity contribution >= 4 is 0 Å². The monoisotopic (exact) mass is 188 g/mol. The van der Waals surface area contributed by atoms with Crippen molar-refractivity contribution in [2.24, 2.45) is 0 Å². The Morgan fingerprint density at radius 1 is 1.23 bits per heavy atom. The zero-order valence-electron chi connectivity index (χ0n) is 9.23. The Kier molecular flexibility index (Phi) is 9.87. The number of nitrogens with one attached hydrogen (secondary N) is 2. The lowest BCUT2D eigenvalue weighted by Crippen LogP contribution is -2.38. The fraction of sp³-hybridized carbons (Fsp3) is 1.00. The molecule has 0 aromatic rings. The van der Waals surface area contributed by atoms with Gasteiger partial charge in [-0.3, -0.25) is 0 Å². The molecular formula is C10H24N2O. The first-order chi connectivity index (χ1) is 6.31. The Bertz CT molecular complexity index is 98.9. The van der Waals surface area contributed by atoms with Crippen molar-refractivity contribution in [1.29, 1.82) is 0 Å². The van der Waals surface area contributed by atoms with Crippen molar-refractivity contribution in [2.45, 2.75) is 33.2 Å². The molecular weight excluding hydrogens is 164 g/mol. The molecule has 13 heavy (non-hydrogen) atoms. The highest BCUT2D eigenvalue weighted by Gasteiger charge is 1.98. The minimum atomic E-state index is 0.534. The van der Waals surface area contributed by atoms with Crippen molar-refractivity contribution in [1.82, 2.24) is 10.6 Å². The SMILES string of the molecule is CCCNCC(C)NCCOCC. The summed E-state index contributed by atoms with van der Waals surface area (Å²) in [6.07, 6.45) is 1.20. The molecule has 0 saturated heterocycles. The first-order valence-corrected chi connectivity index (χ1v) is 5.33. The van der Waals surface area contributed by atoms with Gasteiger partial charge in [0.15, 0.2) is 0 Å². The zero-order chi connectivity index (χ0) is 9.94. The Morgan fingerprint density at radius 3 is 2.62 bits per heavy atom. The predicted octanol–water partition coefficient (Wildman–Crippen LogP) is 1.00. The molecule has 0 aromatic carbocycles. The fourth-order valence-corrected chi connectivity index (χ4v) is 1.09. The molecule has 2 N–H and O–H groups in total. The average molecular weight is 188 g/mol. The maximum Gasteiger partial charge on any atom is 0.0590 e. The van der Waals surface area contributed by atoms with E-state index >= 15 is 0 Å². The highest BCUT2D eigenvalue weighted by atomic mass is 16.5. The second-order valence-corrected chi connectivity index (χ2v) is 3.26. The van der Waals surface area contributed by atoms with Gasteiger partial charge in [-0.1, -0.05) is 6.92 Å².